The Morgan fingerprint density at radius 3 is 2.49 bits per heavy atom. The quantitative estimate of drug-likeness (QED) is 0.587. The molecule has 5 rings (SSSR count). The second-order valence-corrected chi connectivity index (χ2v) is 10.3. The van der Waals surface area contributed by atoms with Gasteiger partial charge in [-0.2, -0.15) is 5.10 Å². The largest absolute Gasteiger partial charge is 0.354 e. The van der Waals surface area contributed by atoms with Crippen LogP contribution in [0.2, 0.25) is 0 Å². The van der Waals surface area contributed by atoms with Crippen molar-refractivity contribution in [2.75, 3.05) is 45.6 Å². The van der Waals surface area contributed by atoms with Gasteiger partial charge in [0.25, 0.3) is 5.91 Å². The van der Waals surface area contributed by atoms with Crippen LogP contribution >= 0.6 is 0 Å². The van der Waals surface area contributed by atoms with Gasteiger partial charge in [-0.25, -0.2) is 9.97 Å². The second-order valence-electron chi connectivity index (χ2n) is 10.3. The Labute approximate surface area is 206 Å². The van der Waals surface area contributed by atoms with Crippen LogP contribution in [-0.2, 0) is 25.4 Å². The van der Waals surface area contributed by atoms with E-state index in [1.165, 1.54) is 5.56 Å². The van der Waals surface area contributed by atoms with Crippen LogP contribution in [0, 0.1) is 0 Å². The molecule has 1 aliphatic carbocycles. The maximum absolute atomic E-state index is 12.5. The first-order chi connectivity index (χ1) is 16.7. The van der Waals surface area contributed by atoms with Crippen LogP contribution < -0.4 is 10.6 Å². The van der Waals surface area contributed by atoms with Crippen LogP contribution in [0.25, 0.3) is 11.4 Å². The molecule has 0 saturated carbocycles. The molecule has 1 amide bonds. The Bertz CT molecular complexity index is 1240. The molecule has 1 saturated heterocycles. The van der Waals surface area contributed by atoms with E-state index in [1.54, 1.807) is 11.7 Å². The van der Waals surface area contributed by atoms with E-state index in [2.05, 4.69) is 75.7 Å². The lowest BCUT2D eigenvalue weighted by Crippen LogP contribution is -2.43. The fourth-order valence-corrected chi connectivity index (χ4v) is 5.17. The molecule has 1 aromatic carbocycles. The molecular weight excluding hydrogens is 440 g/mol. The Balaban J connectivity index is 1.38. The van der Waals surface area contributed by atoms with Gasteiger partial charge in [0.1, 0.15) is 0 Å². The number of anilines is 2. The van der Waals surface area contributed by atoms with Crippen LogP contribution in [0.4, 0.5) is 11.6 Å². The van der Waals surface area contributed by atoms with Crippen LogP contribution in [0.3, 0.4) is 0 Å². The van der Waals surface area contributed by atoms with Crippen molar-refractivity contribution < 1.29 is 4.79 Å². The number of likely N-dealkylation sites (N-methyl/N-ethyl adjacent to an activating group) is 1. The molecular formula is C26H34N8O. The molecule has 2 N–H and O–H groups in total. The third kappa shape index (κ3) is 4.53. The van der Waals surface area contributed by atoms with E-state index in [4.69, 9.17) is 4.98 Å². The molecule has 2 aliphatic rings. The van der Waals surface area contributed by atoms with Gasteiger partial charge in [0.2, 0.25) is 5.95 Å². The van der Waals surface area contributed by atoms with Crippen molar-refractivity contribution in [2.24, 2.45) is 7.05 Å². The number of carbonyl (C=O) groups is 1. The van der Waals surface area contributed by atoms with Gasteiger partial charge in [-0.3, -0.25) is 14.4 Å². The van der Waals surface area contributed by atoms with Crippen molar-refractivity contribution in [3.8, 4) is 11.4 Å². The summed E-state index contributed by atoms with van der Waals surface area (Å²) in [6.45, 7) is 9.69. The monoisotopic (exact) mass is 474 g/mol. The van der Waals surface area contributed by atoms with Gasteiger partial charge in [-0.05, 0) is 42.1 Å². The van der Waals surface area contributed by atoms with E-state index < -0.39 is 0 Å². The summed E-state index contributed by atoms with van der Waals surface area (Å²) >= 11 is 0. The topological polar surface area (TPSA) is 91.2 Å². The molecule has 1 fully saturated rings. The number of hydrogen-bond donors (Lipinski definition) is 2. The fourth-order valence-electron chi connectivity index (χ4n) is 5.17. The first kappa shape index (κ1) is 23.4. The van der Waals surface area contributed by atoms with Crippen LogP contribution in [-0.4, -0.2) is 75.7 Å². The van der Waals surface area contributed by atoms with Gasteiger partial charge < -0.3 is 15.5 Å². The summed E-state index contributed by atoms with van der Waals surface area (Å²) in [6.07, 6.45) is 2.63. The lowest BCUT2D eigenvalue weighted by Gasteiger charge is -2.32. The lowest BCUT2D eigenvalue weighted by molar-refractivity contribution is 0.0955. The lowest BCUT2D eigenvalue weighted by atomic mass is 9.73. The number of piperazine rings is 1. The van der Waals surface area contributed by atoms with E-state index in [1.807, 2.05) is 13.2 Å². The maximum Gasteiger partial charge on any atom is 0.271 e. The zero-order valence-corrected chi connectivity index (χ0v) is 21.2. The van der Waals surface area contributed by atoms with Crippen LogP contribution in [0.1, 0.15) is 41.0 Å². The average molecular weight is 475 g/mol. The Morgan fingerprint density at radius 1 is 1.09 bits per heavy atom. The number of aromatic nitrogens is 4. The zero-order chi connectivity index (χ0) is 24.7. The minimum absolute atomic E-state index is 0.178. The Kier molecular flexibility index (Phi) is 6.06. The number of nitrogens with one attached hydrogen (secondary N) is 2. The van der Waals surface area contributed by atoms with Gasteiger partial charge in [0.15, 0.2) is 5.69 Å². The summed E-state index contributed by atoms with van der Waals surface area (Å²) in [5, 5.41) is 10.6. The Hall–Kier alpha value is -3.30. The standard InChI is InChI=1S/C26H34N8O/c1-26(2)14-18-15-28-25(30-21(18)23-20(26)22(24(35)27-3)31-33(23)5)29-19-8-6-17(7-9-19)16-34-12-10-32(4)11-13-34/h6-9,15H,10-14,16H2,1-5H3,(H,27,35)(H,28,29,30). The summed E-state index contributed by atoms with van der Waals surface area (Å²) in [6, 6.07) is 8.49. The molecule has 0 spiro atoms. The van der Waals surface area contributed by atoms with Crippen molar-refractivity contribution >= 4 is 17.5 Å². The summed E-state index contributed by atoms with van der Waals surface area (Å²) in [5.74, 6) is 0.353. The van der Waals surface area contributed by atoms with E-state index in [-0.39, 0.29) is 11.3 Å². The van der Waals surface area contributed by atoms with Gasteiger partial charge in [0, 0.05) is 64.3 Å². The highest BCUT2D eigenvalue weighted by Gasteiger charge is 2.39. The number of nitrogens with zero attached hydrogens (tertiary/aromatic N) is 6. The summed E-state index contributed by atoms with van der Waals surface area (Å²) in [7, 11) is 5.68. The number of benzene rings is 1. The molecule has 0 atom stereocenters. The second kappa shape index (κ2) is 9.05. The number of fused-ring (bicyclic) bond motifs is 3. The Morgan fingerprint density at radius 2 is 1.80 bits per heavy atom. The molecule has 1 aliphatic heterocycles. The number of hydrogen-bond acceptors (Lipinski definition) is 7. The normalized spacial score (nSPS) is 17.5. The van der Waals surface area contributed by atoms with Crippen molar-refractivity contribution in [1.29, 1.82) is 0 Å². The van der Waals surface area contributed by atoms with E-state index in [0.29, 0.717) is 11.6 Å². The molecule has 0 unspecified atom stereocenters. The highest BCUT2D eigenvalue weighted by Crippen LogP contribution is 2.43. The van der Waals surface area contributed by atoms with Crippen molar-refractivity contribution in [1.82, 2.24) is 34.9 Å². The summed E-state index contributed by atoms with van der Waals surface area (Å²) < 4.78 is 1.77. The summed E-state index contributed by atoms with van der Waals surface area (Å²) in [4.78, 5) is 26.9. The van der Waals surface area contributed by atoms with Crippen molar-refractivity contribution in [3.05, 3.63) is 52.8 Å². The predicted molar refractivity (Wildman–Crippen MR) is 137 cm³/mol. The molecule has 184 valence electrons. The van der Waals surface area contributed by atoms with Gasteiger partial charge in [-0.1, -0.05) is 26.0 Å². The minimum atomic E-state index is -0.254. The molecule has 35 heavy (non-hydrogen) atoms. The van der Waals surface area contributed by atoms with Gasteiger partial charge in [0.05, 0.1) is 11.4 Å². The van der Waals surface area contributed by atoms with Gasteiger partial charge >= 0.3 is 0 Å². The maximum atomic E-state index is 12.5. The molecule has 0 radical (unpaired) electrons. The first-order valence-corrected chi connectivity index (χ1v) is 12.2. The molecule has 0 bridgehead atoms. The third-order valence-electron chi connectivity index (χ3n) is 7.10. The predicted octanol–water partition coefficient (Wildman–Crippen LogP) is 2.56. The average Bonchev–Trinajstić information content (AvgIpc) is 3.20. The highest BCUT2D eigenvalue weighted by atomic mass is 16.1. The van der Waals surface area contributed by atoms with Crippen LogP contribution in [0.5, 0.6) is 0 Å². The fraction of sp³-hybridized carbons (Fsp3) is 0.462. The first-order valence-electron chi connectivity index (χ1n) is 12.2. The number of aryl methyl sites for hydroxylation is 1. The van der Waals surface area contributed by atoms with Crippen molar-refractivity contribution in [2.45, 2.75) is 32.2 Å². The third-order valence-corrected chi connectivity index (χ3v) is 7.10. The van der Waals surface area contributed by atoms with Crippen LogP contribution in [0.15, 0.2) is 30.5 Å². The van der Waals surface area contributed by atoms with Gasteiger partial charge in [-0.15, -0.1) is 0 Å². The summed E-state index contributed by atoms with van der Waals surface area (Å²) in [5.41, 5.74) is 6.15. The van der Waals surface area contributed by atoms with E-state index in [9.17, 15) is 4.79 Å². The molecule has 9 nitrogen and oxygen atoms in total. The smallest absolute Gasteiger partial charge is 0.271 e. The molecule has 3 heterocycles. The molecule has 2 aromatic heterocycles. The van der Waals surface area contributed by atoms with E-state index in [0.717, 1.165) is 67.3 Å². The number of rotatable bonds is 5. The van der Waals surface area contributed by atoms with E-state index >= 15 is 0 Å². The number of amides is 1. The zero-order valence-electron chi connectivity index (χ0n) is 21.2. The highest BCUT2D eigenvalue weighted by molar-refractivity contribution is 5.96. The van der Waals surface area contributed by atoms with Crippen molar-refractivity contribution in [3.63, 3.8) is 0 Å². The molecule has 3 aromatic rings. The SMILES string of the molecule is CNC(=O)c1nn(C)c2c1C(C)(C)Cc1cnc(Nc3ccc(CN4CCN(C)CC4)cc3)nc1-2. The number of carbonyl (C=O) groups excluding carboxylic acids is 1. The molecule has 9 heteroatoms. The minimum Gasteiger partial charge on any atom is -0.354 e.